The zero-order valence-electron chi connectivity index (χ0n) is 22.1. The molecule has 1 aromatic heterocycles. The van der Waals surface area contributed by atoms with Crippen LogP contribution >= 0.6 is 0 Å². The van der Waals surface area contributed by atoms with E-state index in [1.165, 1.54) is 0 Å². The fourth-order valence-electron chi connectivity index (χ4n) is 2.00. The van der Waals surface area contributed by atoms with Gasteiger partial charge in [-0.2, -0.15) is 0 Å². The first-order chi connectivity index (χ1) is 15.4. The highest BCUT2D eigenvalue weighted by molar-refractivity contribution is 5.77. The monoisotopic (exact) mass is 480 g/mol. The maximum Gasteiger partial charge on any atom is 0.519 e. The van der Waals surface area contributed by atoms with Crippen LogP contribution in [0.4, 0.5) is 14.4 Å². The van der Waals surface area contributed by atoms with Crippen molar-refractivity contribution in [2.75, 3.05) is 13.6 Å². The van der Waals surface area contributed by atoms with Gasteiger partial charge in [-0.25, -0.2) is 14.4 Å². The highest BCUT2D eigenvalue weighted by Crippen LogP contribution is 2.12. The highest BCUT2D eigenvalue weighted by atomic mass is 16.8. The number of hydrogen-bond donors (Lipinski definition) is 0. The van der Waals surface area contributed by atoms with Crippen LogP contribution in [0.3, 0.4) is 0 Å². The summed E-state index contributed by atoms with van der Waals surface area (Å²) in [6.07, 6.45) is 5.94. The number of amides is 1. The lowest BCUT2D eigenvalue weighted by molar-refractivity contribution is -0.0294. The van der Waals surface area contributed by atoms with Gasteiger partial charge in [-0.3, -0.25) is 4.98 Å². The molecule has 1 amide bonds. The zero-order valence-corrected chi connectivity index (χ0v) is 22.1. The predicted octanol–water partition coefficient (Wildman–Crippen LogP) is 6.23. The van der Waals surface area contributed by atoms with Gasteiger partial charge in [0.1, 0.15) is 16.8 Å². The van der Waals surface area contributed by atoms with Crippen molar-refractivity contribution < 1.29 is 33.3 Å². The van der Waals surface area contributed by atoms with E-state index in [-0.39, 0.29) is 6.09 Å². The number of carbonyl (C=O) groups excluding carboxylic acids is 3. The molecule has 0 aliphatic rings. The molecule has 1 aromatic rings. The van der Waals surface area contributed by atoms with Crippen molar-refractivity contribution in [3.8, 4) is 0 Å². The van der Waals surface area contributed by atoms with E-state index in [0.29, 0.717) is 6.54 Å². The van der Waals surface area contributed by atoms with E-state index in [4.69, 9.17) is 14.2 Å². The van der Waals surface area contributed by atoms with E-state index >= 15 is 0 Å². The fourth-order valence-corrected chi connectivity index (χ4v) is 2.00. The minimum absolute atomic E-state index is 0.290. The Bertz CT molecular complexity index is 775. The van der Waals surface area contributed by atoms with Crippen molar-refractivity contribution in [3.63, 3.8) is 0 Å². The quantitative estimate of drug-likeness (QED) is 0.284. The zero-order chi connectivity index (χ0) is 26.6. The molecule has 0 spiro atoms. The summed E-state index contributed by atoms with van der Waals surface area (Å²) in [5, 5.41) is 0. The van der Waals surface area contributed by atoms with Crippen molar-refractivity contribution in [1.29, 1.82) is 0 Å². The summed E-state index contributed by atoms with van der Waals surface area (Å²) in [5.74, 6) is 0. The lowest BCUT2D eigenvalue weighted by atomic mass is 10.2. The summed E-state index contributed by atoms with van der Waals surface area (Å²) in [5.41, 5.74) is -0.780. The van der Waals surface area contributed by atoms with Gasteiger partial charge in [0, 0.05) is 26.0 Å². The van der Waals surface area contributed by atoms with Gasteiger partial charge >= 0.3 is 18.4 Å². The Morgan fingerprint density at radius 2 is 1.38 bits per heavy atom. The van der Waals surface area contributed by atoms with Gasteiger partial charge in [0.25, 0.3) is 0 Å². The molecule has 9 heteroatoms. The molecule has 9 nitrogen and oxygen atoms in total. The standard InChI is InChI=1S/C15H22N2O2.C10H18O5/c1-15(2,3)19-14(18)17(4)11-6-5-8-13-9-7-10-16-12-13;1-9(2,3)14-7(11)13-8(12)15-10(4,5)6/h5,7-10,12H,6,11H2,1-4H3;1-6H3. The molecule has 0 fully saturated rings. The molecule has 1 rings (SSSR count). The Balaban J connectivity index is 0.000000661. The molecular formula is C25H40N2O7. The van der Waals surface area contributed by atoms with E-state index in [9.17, 15) is 14.4 Å². The van der Waals surface area contributed by atoms with Crippen molar-refractivity contribution in [3.05, 3.63) is 36.2 Å². The lowest BCUT2D eigenvalue weighted by Gasteiger charge is -2.24. The average molecular weight is 481 g/mol. The highest BCUT2D eigenvalue weighted by Gasteiger charge is 2.24. The number of carbonyl (C=O) groups is 3. The number of hydrogen-bond acceptors (Lipinski definition) is 8. The van der Waals surface area contributed by atoms with Crippen molar-refractivity contribution >= 4 is 24.5 Å². The summed E-state index contributed by atoms with van der Waals surface area (Å²) >= 11 is 0. The summed E-state index contributed by atoms with van der Waals surface area (Å²) in [7, 11) is 1.74. The van der Waals surface area contributed by atoms with Crippen molar-refractivity contribution in [1.82, 2.24) is 9.88 Å². The van der Waals surface area contributed by atoms with E-state index in [2.05, 4.69) is 9.72 Å². The lowest BCUT2D eigenvalue weighted by Crippen LogP contribution is -2.34. The average Bonchev–Trinajstić information content (AvgIpc) is 2.61. The molecule has 0 aliphatic heterocycles. The Hall–Kier alpha value is -3.10. The van der Waals surface area contributed by atoms with Crippen LogP contribution in [-0.4, -0.2) is 58.7 Å². The summed E-state index contributed by atoms with van der Waals surface area (Å²) in [6, 6.07) is 3.88. The second-order valence-electron chi connectivity index (χ2n) is 10.4. The Morgan fingerprint density at radius 1 is 0.882 bits per heavy atom. The van der Waals surface area contributed by atoms with Crippen LogP contribution in [0.2, 0.25) is 0 Å². The molecule has 0 N–H and O–H groups in total. The second kappa shape index (κ2) is 13.6. The number of rotatable bonds is 4. The van der Waals surface area contributed by atoms with E-state index in [0.717, 1.165) is 12.0 Å². The molecule has 0 saturated heterocycles. The van der Waals surface area contributed by atoms with E-state index < -0.39 is 29.1 Å². The number of pyridine rings is 1. The maximum absolute atomic E-state index is 11.7. The normalized spacial score (nSPS) is 11.7. The van der Waals surface area contributed by atoms with Gasteiger partial charge in [-0.15, -0.1) is 0 Å². The van der Waals surface area contributed by atoms with Crippen LogP contribution in [0.25, 0.3) is 6.08 Å². The molecule has 0 radical (unpaired) electrons. The molecule has 0 saturated carbocycles. The topological polar surface area (TPSA) is 104 Å². The summed E-state index contributed by atoms with van der Waals surface area (Å²) in [6.45, 7) is 16.2. The smallest absolute Gasteiger partial charge is 0.444 e. The molecule has 0 aliphatic carbocycles. The van der Waals surface area contributed by atoms with Crippen LogP contribution in [0, 0.1) is 0 Å². The number of ether oxygens (including phenoxy) is 4. The van der Waals surface area contributed by atoms with Crippen LogP contribution in [0.15, 0.2) is 30.6 Å². The van der Waals surface area contributed by atoms with Gasteiger partial charge < -0.3 is 23.8 Å². The fraction of sp³-hybridized carbons (Fsp3) is 0.600. The minimum Gasteiger partial charge on any atom is -0.444 e. The van der Waals surface area contributed by atoms with Crippen LogP contribution in [0.1, 0.15) is 74.3 Å². The minimum atomic E-state index is -1.06. The first kappa shape index (κ1) is 30.9. The molecule has 1 heterocycles. The molecule has 192 valence electrons. The third kappa shape index (κ3) is 18.5. The summed E-state index contributed by atoms with van der Waals surface area (Å²) in [4.78, 5) is 39.3. The van der Waals surface area contributed by atoms with Gasteiger partial charge in [0.05, 0.1) is 0 Å². The van der Waals surface area contributed by atoms with Gasteiger partial charge in [-0.1, -0.05) is 18.2 Å². The van der Waals surface area contributed by atoms with Gasteiger partial charge in [-0.05, 0) is 80.4 Å². The van der Waals surface area contributed by atoms with Crippen molar-refractivity contribution in [2.45, 2.75) is 85.5 Å². The maximum atomic E-state index is 11.7. The largest absolute Gasteiger partial charge is 0.519 e. The van der Waals surface area contributed by atoms with E-state index in [1.807, 2.05) is 45.1 Å². The molecule has 0 bridgehead atoms. The van der Waals surface area contributed by atoms with Gasteiger partial charge in [0.15, 0.2) is 0 Å². The van der Waals surface area contributed by atoms with Crippen LogP contribution < -0.4 is 0 Å². The van der Waals surface area contributed by atoms with Crippen LogP contribution in [-0.2, 0) is 18.9 Å². The van der Waals surface area contributed by atoms with Crippen LogP contribution in [0.5, 0.6) is 0 Å². The summed E-state index contributed by atoms with van der Waals surface area (Å²) < 4.78 is 19.1. The first-order valence-electron chi connectivity index (χ1n) is 11.0. The molecule has 34 heavy (non-hydrogen) atoms. The number of aromatic nitrogens is 1. The Morgan fingerprint density at radius 3 is 1.79 bits per heavy atom. The molecular weight excluding hydrogens is 440 g/mol. The van der Waals surface area contributed by atoms with Crippen molar-refractivity contribution in [2.24, 2.45) is 0 Å². The molecule has 0 aromatic carbocycles. The second-order valence-corrected chi connectivity index (χ2v) is 10.4. The number of nitrogens with zero attached hydrogens (tertiary/aromatic N) is 2. The SMILES string of the molecule is CC(C)(C)OC(=O)OC(=O)OC(C)(C)C.CN(CCC=Cc1cccnc1)C(=O)OC(C)(C)C. The molecule has 0 atom stereocenters. The van der Waals surface area contributed by atoms with Gasteiger partial charge in [0.2, 0.25) is 0 Å². The Labute approximate surface area is 203 Å². The predicted molar refractivity (Wildman–Crippen MR) is 130 cm³/mol. The third-order valence-electron chi connectivity index (χ3n) is 3.28. The third-order valence-corrected chi connectivity index (χ3v) is 3.28. The Kier molecular flexibility index (Phi) is 12.3. The molecule has 0 unspecified atom stereocenters. The van der Waals surface area contributed by atoms with E-state index in [1.54, 1.807) is 65.9 Å². The first-order valence-corrected chi connectivity index (χ1v) is 11.0.